The van der Waals surface area contributed by atoms with Gasteiger partial charge in [0.2, 0.25) is 15.9 Å². The first-order valence-corrected chi connectivity index (χ1v) is 12.4. The van der Waals surface area contributed by atoms with Gasteiger partial charge < -0.3 is 5.32 Å². The summed E-state index contributed by atoms with van der Waals surface area (Å²) in [5, 5.41) is 3.16. The number of rotatable bonds is 7. The number of sulfonamides is 1. The summed E-state index contributed by atoms with van der Waals surface area (Å²) in [4.78, 5) is 12.9. The molecule has 0 spiro atoms. The molecule has 0 aliphatic carbocycles. The van der Waals surface area contributed by atoms with Gasteiger partial charge in [-0.3, -0.25) is 4.79 Å². The summed E-state index contributed by atoms with van der Waals surface area (Å²) in [5.41, 5.74) is 3.63. The van der Waals surface area contributed by atoms with Crippen molar-refractivity contribution < 1.29 is 17.6 Å². The van der Waals surface area contributed by atoms with E-state index in [2.05, 4.69) is 30.4 Å². The maximum atomic E-state index is 13.9. The Labute approximate surface area is 184 Å². The Balaban J connectivity index is 1.59. The largest absolute Gasteiger partial charge is 0.349 e. The Kier molecular flexibility index (Phi) is 7.49. The zero-order valence-electron chi connectivity index (χ0n) is 18.4. The number of benzene rings is 2. The van der Waals surface area contributed by atoms with E-state index in [1.54, 1.807) is 6.07 Å². The second kappa shape index (κ2) is 9.92. The highest BCUT2D eigenvalue weighted by Gasteiger charge is 2.32. The van der Waals surface area contributed by atoms with Crippen molar-refractivity contribution in [2.24, 2.45) is 5.92 Å². The minimum absolute atomic E-state index is 0.0297. The van der Waals surface area contributed by atoms with Crippen LogP contribution in [-0.4, -0.2) is 31.7 Å². The van der Waals surface area contributed by atoms with Gasteiger partial charge >= 0.3 is 0 Å². The molecule has 5 nitrogen and oxygen atoms in total. The van der Waals surface area contributed by atoms with Gasteiger partial charge in [0.1, 0.15) is 5.82 Å². The maximum absolute atomic E-state index is 13.9. The predicted octanol–water partition coefficient (Wildman–Crippen LogP) is 4.25. The van der Waals surface area contributed by atoms with Crippen molar-refractivity contribution in [3.63, 3.8) is 0 Å². The molecule has 1 aliphatic heterocycles. The smallest absolute Gasteiger partial charge is 0.223 e. The van der Waals surface area contributed by atoms with Crippen LogP contribution < -0.4 is 5.32 Å². The highest BCUT2D eigenvalue weighted by molar-refractivity contribution is 7.88. The van der Waals surface area contributed by atoms with Gasteiger partial charge in [0.15, 0.2) is 0 Å². The van der Waals surface area contributed by atoms with Gasteiger partial charge in [0.25, 0.3) is 0 Å². The molecule has 0 unspecified atom stereocenters. The molecule has 0 aromatic heterocycles. The molecule has 3 rings (SSSR count). The van der Waals surface area contributed by atoms with E-state index in [0.29, 0.717) is 12.8 Å². The number of nitrogens with zero attached hydrogens (tertiary/aromatic N) is 1. The number of carbonyl (C=O) groups is 1. The van der Waals surface area contributed by atoms with Crippen LogP contribution in [0.2, 0.25) is 0 Å². The Morgan fingerprint density at radius 1 is 1.16 bits per heavy atom. The molecular formula is C24H31FN2O3S. The van der Waals surface area contributed by atoms with Crippen molar-refractivity contribution in [1.82, 2.24) is 9.62 Å². The highest BCUT2D eigenvalue weighted by atomic mass is 32.2. The first-order chi connectivity index (χ1) is 14.7. The van der Waals surface area contributed by atoms with Crippen molar-refractivity contribution in [2.75, 3.05) is 13.1 Å². The summed E-state index contributed by atoms with van der Waals surface area (Å²) in [5.74, 6) is -1.13. The Hall–Kier alpha value is -2.25. The van der Waals surface area contributed by atoms with Crippen LogP contribution in [0.1, 0.15) is 54.5 Å². The fraction of sp³-hybridized carbons (Fsp3) is 0.458. The molecule has 1 amide bonds. The normalized spacial score (nSPS) is 16.8. The molecule has 1 fully saturated rings. The van der Waals surface area contributed by atoms with Crippen LogP contribution in [0.15, 0.2) is 42.5 Å². The van der Waals surface area contributed by atoms with E-state index in [1.165, 1.54) is 28.1 Å². The molecule has 1 aliphatic rings. The minimum atomic E-state index is -3.63. The molecule has 7 heteroatoms. The average molecular weight is 447 g/mol. The summed E-state index contributed by atoms with van der Waals surface area (Å²) in [6.07, 6.45) is 1.71. The van der Waals surface area contributed by atoms with Crippen LogP contribution >= 0.6 is 0 Å². The first kappa shape index (κ1) is 23.4. The molecule has 1 saturated heterocycles. The van der Waals surface area contributed by atoms with Crippen molar-refractivity contribution in [3.05, 3.63) is 70.5 Å². The van der Waals surface area contributed by atoms with E-state index in [1.807, 2.05) is 13.8 Å². The SMILES string of the molecule is CC[C@H](NC(=O)C1CCN(S(=O)(=O)Cc2ccccc2F)CC1)c1ccc(C)cc1C. The van der Waals surface area contributed by atoms with Gasteiger partial charge in [0.05, 0.1) is 11.8 Å². The molecule has 0 bridgehead atoms. The molecule has 1 atom stereocenters. The molecule has 1 heterocycles. The van der Waals surface area contributed by atoms with Gasteiger partial charge in [-0.2, -0.15) is 0 Å². The van der Waals surface area contributed by atoms with Gasteiger partial charge in [-0.15, -0.1) is 0 Å². The Morgan fingerprint density at radius 3 is 2.45 bits per heavy atom. The molecule has 1 N–H and O–H groups in total. The third-order valence-electron chi connectivity index (χ3n) is 6.04. The Bertz CT molecular complexity index is 1030. The lowest BCUT2D eigenvalue weighted by Gasteiger charge is -2.31. The van der Waals surface area contributed by atoms with Gasteiger partial charge in [-0.25, -0.2) is 17.1 Å². The predicted molar refractivity (Wildman–Crippen MR) is 120 cm³/mol. The molecule has 168 valence electrons. The Morgan fingerprint density at radius 2 is 1.84 bits per heavy atom. The minimum Gasteiger partial charge on any atom is -0.349 e. The molecule has 0 radical (unpaired) electrons. The van der Waals surface area contributed by atoms with Crippen LogP contribution in [-0.2, 0) is 20.6 Å². The topological polar surface area (TPSA) is 66.5 Å². The van der Waals surface area contributed by atoms with Gasteiger partial charge in [0, 0.05) is 24.6 Å². The molecule has 2 aromatic carbocycles. The van der Waals surface area contributed by atoms with Crippen LogP contribution in [0, 0.1) is 25.6 Å². The summed E-state index contributed by atoms with van der Waals surface area (Å²) in [6, 6.07) is 12.1. The lowest BCUT2D eigenvalue weighted by atomic mass is 9.94. The van der Waals surface area contributed by atoms with Crippen LogP contribution in [0.25, 0.3) is 0 Å². The number of piperidine rings is 1. The first-order valence-electron chi connectivity index (χ1n) is 10.8. The number of hydrogen-bond acceptors (Lipinski definition) is 3. The number of hydrogen-bond donors (Lipinski definition) is 1. The monoisotopic (exact) mass is 446 g/mol. The number of amides is 1. The molecule has 2 aromatic rings. The zero-order valence-corrected chi connectivity index (χ0v) is 19.2. The molecular weight excluding hydrogens is 415 g/mol. The average Bonchev–Trinajstić information content (AvgIpc) is 2.74. The number of aryl methyl sites for hydroxylation is 2. The van der Waals surface area contributed by atoms with Crippen LogP contribution in [0.5, 0.6) is 0 Å². The lowest BCUT2D eigenvalue weighted by Crippen LogP contribution is -2.44. The number of nitrogens with one attached hydrogen (secondary N) is 1. The quantitative estimate of drug-likeness (QED) is 0.691. The van der Waals surface area contributed by atoms with Crippen LogP contribution in [0.3, 0.4) is 0 Å². The third-order valence-corrected chi connectivity index (χ3v) is 7.87. The van der Waals surface area contributed by atoms with Crippen molar-refractivity contribution in [1.29, 1.82) is 0 Å². The number of halogens is 1. The summed E-state index contributed by atoms with van der Waals surface area (Å²) < 4.78 is 40.7. The van der Waals surface area contributed by atoms with Crippen molar-refractivity contribution >= 4 is 15.9 Å². The fourth-order valence-electron chi connectivity index (χ4n) is 4.21. The maximum Gasteiger partial charge on any atom is 0.223 e. The molecule has 0 saturated carbocycles. The van der Waals surface area contributed by atoms with E-state index in [9.17, 15) is 17.6 Å². The molecule has 31 heavy (non-hydrogen) atoms. The van der Waals surface area contributed by atoms with E-state index in [0.717, 1.165) is 17.5 Å². The van der Waals surface area contributed by atoms with E-state index in [-0.39, 0.29) is 42.3 Å². The van der Waals surface area contributed by atoms with Crippen molar-refractivity contribution in [3.8, 4) is 0 Å². The summed E-state index contributed by atoms with van der Waals surface area (Å²) >= 11 is 0. The number of carbonyl (C=O) groups excluding carboxylic acids is 1. The standard InChI is InChI=1S/C24H31FN2O3S/c1-4-23(21-10-9-17(2)15-18(21)3)26-24(28)19-11-13-27(14-12-19)31(29,30)16-20-7-5-6-8-22(20)25/h5-10,15,19,23H,4,11-14,16H2,1-3H3,(H,26,28)/t23-/m0/s1. The zero-order chi connectivity index (χ0) is 22.6. The van der Waals surface area contributed by atoms with Gasteiger partial charge in [-0.1, -0.05) is 48.9 Å². The van der Waals surface area contributed by atoms with E-state index < -0.39 is 15.8 Å². The van der Waals surface area contributed by atoms with Gasteiger partial charge in [-0.05, 0) is 50.3 Å². The lowest BCUT2D eigenvalue weighted by molar-refractivity contribution is -0.126. The van der Waals surface area contributed by atoms with E-state index in [4.69, 9.17) is 0 Å². The van der Waals surface area contributed by atoms with Crippen LogP contribution in [0.4, 0.5) is 4.39 Å². The van der Waals surface area contributed by atoms with Crippen molar-refractivity contribution in [2.45, 2.75) is 51.8 Å². The second-order valence-corrected chi connectivity index (χ2v) is 10.3. The van der Waals surface area contributed by atoms with E-state index >= 15 is 0 Å². The highest BCUT2D eigenvalue weighted by Crippen LogP contribution is 2.26. The fourth-order valence-corrected chi connectivity index (χ4v) is 5.78. The second-order valence-electron chi connectivity index (χ2n) is 8.35. The summed E-state index contributed by atoms with van der Waals surface area (Å²) in [7, 11) is -3.63. The summed E-state index contributed by atoms with van der Waals surface area (Å²) in [6.45, 7) is 6.69. The third kappa shape index (κ3) is 5.71.